The molecule has 3 aliphatic rings. The van der Waals surface area contributed by atoms with Gasteiger partial charge in [0.1, 0.15) is 6.54 Å². The number of pyridine rings is 1. The Morgan fingerprint density at radius 1 is 1.24 bits per heavy atom. The SMILES string of the molecule is Cc1cnc(N2CC(=O)N([C@@H](C)c3ccc(Cl)cc3)C3(CN(C(=O)NC4CC4)C3)C2=O)c(F)c1. The monoisotopic (exact) mass is 485 g/mol. The summed E-state index contributed by atoms with van der Waals surface area (Å²) >= 11 is 6.03. The molecular weight excluding hydrogens is 461 g/mol. The third kappa shape index (κ3) is 3.77. The quantitative estimate of drug-likeness (QED) is 0.721. The van der Waals surface area contributed by atoms with Crippen LogP contribution in [0.5, 0.6) is 0 Å². The highest BCUT2D eigenvalue weighted by Gasteiger charge is 2.62. The number of hydrogen-bond donors (Lipinski definition) is 1. The van der Waals surface area contributed by atoms with E-state index < -0.39 is 23.3 Å². The van der Waals surface area contributed by atoms with Crippen LogP contribution in [0.15, 0.2) is 36.5 Å². The van der Waals surface area contributed by atoms with Gasteiger partial charge in [0.15, 0.2) is 17.2 Å². The second-order valence-electron chi connectivity index (χ2n) is 9.31. The summed E-state index contributed by atoms with van der Waals surface area (Å²) in [6.07, 6.45) is 3.34. The average Bonchev–Trinajstić information content (AvgIpc) is 3.57. The Bertz CT molecular complexity index is 1160. The van der Waals surface area contributed by atoms with E-state index in [1.165, 1.54) is 17.2 Å². The highest BCUT2D eigenvalue weighted by Crippen LogP contribution is 2.41. The summed E-state index contributed by atoms with van der Waals surface area (Å²) in [4.78, 5) is 48.2. The van der Waals surface area contributed by atoms with Gasteiger partial charge in [-0.15, -0.1) is 0 Å². The Labute approximate surface area is 201 Å². The lowest BCUT2D eigenvalue weighted by atomic mass is 9.82. The topological polar surface area (TPSA) is 85.8 Å². The molecule has 1 saturated carbocycles. The Morgan fingerprint density at radius 3 is 2.53 bits per heavy atom. The van der Waals surface area contributed by atoms with E-state index in [9.17, 15) is 18.8 Å². The van der Waals surface area contributed by atoms with E-state index >= 15 is 0 Å². The molecule has 10 heteroatoms. The van der Waals surface area contributed by atoms with Crippen molar-refractivity contribution in [3.63, 3.8) is 0 Å². The van der Waals surface area contributed by atoms with Gasteiger partial charge in [-0.25, -0.2) is 14.2 Å². The number of halogens is 2. The molecule has 1 aromatic heterocycles. The molecule has 1 aromatic carbocycles. The fraction of sp³-hybridized carbons (Fsp3) is 0.417. The summed E-state index contributed by atoms with van der Waals surface area (Å²) in [5.74, 6) is -1.63. The number of anilines is 1. The maximum atomic E-state index is 14.8. The van der Waals surface area contributed by atoms with Crippen molar-refractivity contribution in [1.29, 1.82) is 0 Å². The summed E-state index contributed by atoms with van der Waals surface area (Å²) in [5, 5.41) is 3.48. The minimum Gasteiger partial charge on any atom is -0.335 e. The number of aryl methyl sites for hydroxylation is 1. The Kier molecular flexibility index (Phi) is 5.47. The number of carbonyl (C=O) groups excluding carboxylic acids is 3. The molecule has 2 aromatic rings. The van der Waals surface area contributed by atoms with Crippen LogP contribution in [0.2, 0.25) is 5.02 Å². The predicted octanol–water partition coefficient (Wildman–Crippen LogP) is 3.05. The number of hydrogen-bond acceptors (Lipinski definition) is 4. The fourth-order valence-corrected chi connectivity index (χ4v) is 4.89. The molecule has 0 bridgehead atoms. The van der Waals surface area contributed by atoms with Crippen LogP contribution in [0.4, 0.5) is 15.0 Å². The highest BCUT2D eigenvalue weighted by molar-refractivity contribution is 6.30. The van der Waals surface area contributed by atoms with Crippen molar-refractivity contribution in [3.05, 3.63) is 58.5 Å². The molecule has 8 nitrogen and oxygen atoms in total. The van der Waals surface area contributed by atoms with Gasteiger partial charge in [-0.05, 0) is 56.0 Å². The number of urea groups is 1. The number of nitrogens with zero attached hydrogens (tertiary/aromatic N) is 4. The maximum Gasteiger partial charge on any atom is 0.317 e. The first-order valence-electron chi connectivity index (χ1n) is 11.3. The zero-order chi connectivity index (χ0) is 24.2. The lowest BCUT2D eigenvalue weighted by Crippen LogP contribution is -2.82. The normalized spacial score (nSPS) is 20.4. The third-order valence-electron chi connectivity index (χ3n) is 6.72. The minimum atomic E-state index is -1.31. The van der Waals surface area contributed by atoms with Crippen LogP contribution in [0.3, 0.4) is 0 Å². The summed E-state index contributed by atoms with van der Waals surface area (Å²) < 4.78 is 14.8. The maximum absolute atomic E-state index is 14.8. The summed E-state index contributed by atoms with van der Waals surface area (Å²) in [7, 11) is 0. The van der Waals surface area contributed by atoms with Crippen LogP contribution in [0, 0.1) is 12.7 Å². The van der Waals surface area contributed by atoms with E-state index in [0.717, 1.165) is 23.3 Å². The number of rotatable bonds is 4. The second-order valence-corrected chi connectivity index (χ2v) is 9.75. The first-order chi connectivity index (χ1) is 16.2. The van der Waals surface area contributed by atoms with Crippen LogP contribution in [0.1, 0.15) is 36.9 Å². The summed E-state index contributed by atoms with van der Waals surface area (Å²) in [6.45, 7) is 3.25. The van der Waals surface area contributed by atoms with E-state index in [4.69, 9.17) is 11.6 Å². The van der Waals surface area contributed by atoms with E-state index in [1.807, 2.05) is 19.1 Å². The molecular formula is C24H25ClFN5O3. The standard InChI is InChI=1S/C24H25ClFN5O3/c1-14-9-19(26)21(27-10-14)30-11-20(32)31(15(2)16-3-5-17(25)6-4-16)24(22(30)33)12-29(13-24)23(34)28-18-7-8-18/h3-6,9-10,15,18H,7-8,11-13H2,1-2H3,(H,28,34)/t15-/m0/s1. The van der Waals surface area contributed by atoms with Crippen LogP contribution in [-0.2, 0) is 9.59 Å². The average molecular weight is 486 g/mol. The van der Waals surface area contributed by atoms with Crippen molar-refractivity contribution in [3.8, 4) is 0 Å². The molecule has 2 saturated heterocycles. The molecule has 3 fully saturated rings. The number of amides is 4. The number of carbonyl (C=O) groups is 3. The first-order valence-corrected chi connectivity index (χ1v) is 11.6. The lowest BCUT2D eigenvalue weighted by molar-refractivity contribution is -0.164. The number of nitrogens with one attached hydrogen (secondary N) is 1. The van der Waals surface area contributed by atoms with Gasteiger partial charge >= 0.3 is 6.03 Å². The molecule has 1 spiro atoms. The summed E-state index contributed by atoms with van der Waals surface area (Å²) in [6, 6.07) is 7.80. The predicted molar refractivity (Wildman–Crippen MR) is 124 cm³/mol. The smallest absolute Gasteiger partial charge is 0.317 e. The van der Waals surface area contributed by atoms with E-state index in [0.29, 0.717) is 10.6 Å². The van der Waals surface area contributed by atoms with Crippen LogP contribution < -0.4 is 10.2 Å². The van der Waals surface area contributed by atoms with E-state index in [2.05, 4.69) is 10.3 Å². The van der Waals surface area contributed by atoms with Gasteiger partial charge in [0.25, 0.3) is 5.91 Å². The van der Waals surface area contributed by atoms with Crippen molar-refractivity contribution < 1.29 is 18.8 Å². The number of benzene rings is 1. The Balaban J connectivity index is 1.49. The third-order valence-corrected chi connectivity index (χ3v) is 6.97. The first kappa shape index (κ1) is 22.6. The highest BCUT2D eigenvalue weighted by atomic mass is 35.5. The van der Waals surface area contributed by atoms with Crippen molar-refractivity contribution in [2.75, 3.05) is 24.5 Å². The van der Waals surface area contributed by atoms with Gasteiger partial charge in [0.2, 0.25) is 5.91 Å². The van der Waals surface area contributed by atoms with Crippen molar-refractivity contribution in [2.45, 2.75) is 44.3 Å². The molecule has 0 radical (unpaired) electrons. The van der Waals surface area contributed by atoms with Gasteiger partial charge < -0.3 is 15.1 Å². The van der Waals surface area contributed by atoms with Crippen LogP contribution in [-0.4, -0.2) is 63.8 Å². The molecule has 3 heterocycles. The van der Waals surface area contributed by atoms with Gasteiger partial charge in [0, 0.05) is 17.3 Å². The molecule has 1 N–H and O–H groups in total. The molecule has 1 atom stereocenters. The number of likely N-dealkylation sites (tertiary alicyclic amines) is 1. The van der Waals surface area contributed by atoms with Gasteiger partial charge in [-0.2, -0.15) is 0 Å². The van der Waals surface area contributed by atoms with Crippen molar-refractivity contribution in [1.82, 2.24) is 20.1 Å². The zero-order valence-corrected chi connectivity index (χ0v) is 19.7. The van der Waals surface area contributed by atoms with E-state index in [-0.39, 0.29) is 43.4 Å². The molecule has 0 unspecified atom stereocenters. The molecule has 1 aliphatic carbocycles. The Hall–Kier alpha value is -3.20. The van der Waals surface area contributed by atoms with Gasteiger partial charge in [-0.1, -0.05) is 23.7 Å². The summed E-state index contributed by atoms with van der Waals surface area (Å²) in [5.41, 5.74) is 0.101. The number of piperazine rings is 1. The van der Waals surface area contributed by atoms with Crippen LogP contribution >= 0.6 is 11.6 Å². The molecule has 5 rings (SSSR count). The minimum absolute atomic E-state index is 0.0258. The molecule has 34 heavy (non-hydrogen) atoms. The second kappa shape index (κ2) is 8.23. The fourth-order valence-electron chi connectivity index (χ4n) is 4.76. The lowest BCUT2D eigenvalue weighted by Gasteiger charge is -2.59. The largest absolute Gasteiger partial charge is 0.335 e. The van der Waals surface area contributed by atoms with Gasteiger partial charge in [-0.3, -0.25) is 14.5 Å². The molecule has 178 valence electrons. The van der Waals surface area contributed by atoms with Crippen molar-refractivity contribution >= 4 is 35.3 Å². The van der Waals surface area contributed by atoms with E-state index in [1.54, 1.807) is 24.0 Å². The zero-order valence-electron chi connectivity index (χ0n) is 18.9. The van der Waals surface area contributed by atoms with Crippen molar-refractivity contribution in [2.24, 2.45) is 0 Å². The molecule has 4 amide bonds. The molecule has 2 aliphatic heterocycles. The van der Waals surface area contributed by atoms with Gasteiger partial charge in [0.05, 0.1) is 19.1 Å². The Morgan fingerprint density at radius 2 is 1.91 bits per heavy atom. The van der Waals surface area contributed by atoms with Crippen LogP contribution in [0.25, 0.3) is 0 Å². The number of aromatic nitrogens is 1.